The molecule has 0 saturated heterocycles. The first-order valence-electron chi connectivity index (χ1n) is 6.10. The van der Waals surface area contributed by atoms with E-state index in [4.69, 9.17) is 4.74 Å². The van der Waals surface area contributed by atoms with Crippen LogP contribution in [0.2, 0.25) is 0 Å². The number of aliphatic hydroxyl groups is 1. The van der Waals surface area contributed by atoms with E-state index in [1.165, 1.54) is 0 Å². The minimum absolute atomic E-state index is 0.206. The average molecular weight is 217 g/mol. The van der Waals surface area contributed by atoms with Crippen molar-refractivity contribution in [3.63, 3.8) is 0 Å². The van der Waals surface area contributed by atoms with Gasteiger partial charge < -0.3 is 9.84 Å². The van der Waals surface area contributed by atoms with Gasteiger partial charge in [0.25, 0.3) is 0 Å². The summed E-state index contributed by atoms with van der Waals surface area (Å²) in [4.78, 5) is 2.34. The number of methoxy groups -OCH3 is 1. The molecule has 3 nitrogen and oxygen atoms in total. The lowest BCUT2D eigenvalue weighted by Crippen LogP contribution is -2.41. The van der Waals surface area contributed by atoms with Crippen LogP contribution in [0.4, 0.5) is 0 Å². The van der Waals surface area contributed by atoms with Crippen molar-refractivity contribution in [3.8, 4) is 0 Å². The van der Waals surface area contributed by atoms with Crippen molar-refractivity contribution in [2.24, 2.45) is 0 Å². The van der Waals surface area contributed by atoms with E-state index in [1.807, 2.05) is 6.92 Å². The SMILES string of the molecule is CCC(O)CN(CCOC)C(CC)CC. The van der Waals surface area contributed by atoms with Crippen LogP contribution in [-0.4, -0.2) is 49.0 Å². The van der Waals surface area contributed by atoms with E-state index in [-0.39, 0.29) is 6.10 Å². The van der Waals surface area contributed by atoms with Crippen molar-refractivity contribution in [2.45, 2.75) is 52.2 Å². The molecule has 0 aliphatic carbocycles. The van der Waals surface area contributed by atoms with Crippen LogP contribution >= 0.6 is 0 Å². The largest absolute Gasteiger partial charge is 0.392 e. The van der Waals surface area contributed by atoms with Gasteiger partial charge >= 0.3 is 0 Å². The summed E-state index contributed by atoms with van der Waals surface area (Å²) >= 11 is 0. The zero-order valence-electron chi connectivity index (χ0n) is 10.7. The highest BCUT2D eigenvalue weighted by Gasteiger charge is 2.17. The molecule has 15 heavy (non-hydrogen) atoms. The van der Waals surface area contributed by atoms with Gasteiger partial charge in [-0.3, -0.25) is 4.90 Å². The van der Waals surface area contributed by atoms with Crippen molar-refractivity contribution >= 4 is 0 Å². The highest BCUT2D eigenvalue weighted by atomic mass is 16.5. The Hall–Kier alpha value is -0.120. The smallest absolute Gasteiger partial charge is 0.0664 e. The molecule has 0 radical (unpaired) electrons. The van der Waals surface area contributed by atoms with Crippen molar-refractivity contribution in [1.29, 1.82) is 0 Å². The summed E-state index contributed by atoms with van der Waals surface area (Å²) in [6.45, 7) is 8.85. The molecule has 92 valence electrons. The lowest BCUT2D eigenvalue weighted by atomic mass is 10.1. The van der Waals surface area contributed by atoms with E-state index in [0.29, 0.717) is 6.04 Å². The first-order valence-corrected chi connectivity index (χ1v) is 6.10. The van der Waals surface area contributed by atoms with Crippen LogP contribution in [0.15, 0.2) is 0 Å². The summed E-state index contributed by atoms with van der Waals surface area (Å²) < 4.78 is 5.10. The Morgan fingerprint density at radius 2 is 1.73 bits per heavy atom. The Morgan fingerprint density at radius 1 is 1.13 bits per heavy atom. The van der Waals surface area contributed by atoms with E-state index in [1.54, 1.807) is 7.11 Å². The number of hydrogen-bond acceptors (Lipinski definition) is 3. The fourth-order valence-corrected chi connectivity index (χ4v) is 1.84. The van der Waals surface area contributed by atoms with Gasteiger partial charge in [0.1, 0.15) is 0 Å². The second-order valence-electron chi connectivity index (χ2n) is 4.02. The van der Waals surface area contributed by atoms with Gasteiger partial charge in [0.15, 0.2) is 0 Å². The summed E-state index contributed by atoms with van der Waals surface area (Å²) in [5.41, 5.74) is 0. The first-order chi connectivity index (χ1) is 7.19. The highest BCUT2D eigenvalue weighted by Crippen LogP contribution is 2.09. The second-order valence-corrected chi connectivity index (χ2v) is 4.02. The van der Waals surface area contributed by atoms with Crippen LogP contribution in [-0.2, 0) is 4.74 Å². The maximum Gasteiger partial charge on any atom is 0.0664 e. The maximum atomic E-state index is 9.69. The van der Waals surface area contributed by atoms with Gasteiger partial charge in [-0.1, -0.05) is 20.8 Å². The molecule has 0 aromatic heterocycles. The number of aliphatic hydroxyl groups excluding tert-OH is 1. The minimum Gasteiger partial charge on any atom is -0.392 e. The number of hydrogen-bond donors (Lipinski definition) is 1. The molecule has 0 aromatic carbocycles. The number of nitrogens with zero attached hydrogens (tertiary/aromatic N) is 1. The van der Waals surface area contributed by atoms with Crippen molar-refractivity contribution in [1.82, 2.24) is 4.90 Å². The Bertz CT molecular complexity index is 138. The lowest BCUT2D eigenvalue weighted by Gasteiger charge is -2.31. The van der Waals surface area contributed by atoms with Crippen molar-refractivity contribution in [2.75, 3.05) is 26.8 Å². The zero-order valence-corrected chi connectivity index (χ0v) is 10.7. The third-order valence-electron chi connectivity index (χ3n) is 2.96. The molecule has 0 rings (SSSR count). The molecule has 1 N–H and O–H groups in total. The quantitative estimate of drug-likeness (QED) is 0.640. The van der Waals surface area contributed by atoms with Crippen LogP contribution in [0, 0.1) is 0 Å². The predicted molar refractivity (Wildman–Crippen MR) is 64.1 cm³/mol. The molecule has 0 aliphatic heterocycles. The lowest BCUT2D eigenvalue weighted by molar-refractivity contribution is 0.0596. The Morgan fingerprint density at radius 3 is 2.13 bits per heavy atom. The van der Waals surface area contributed by atoms with Crippen LogP contribution in [0.1, 0.15) is 40.0 Å². The molecule has 0 bridgehead atoms. The minimum atomic E-state index is -0.206. The summed E-state index contributed by atoms with van der Waals surface area (Å²) in [7, 11) is 1.72. The maximum absolute atomic E-state index is 9.69. The van der Waals surface area contributed by atoms with Crippen molar-refractivity contribution in [3.05, 3.63) is 0 Å². The molecule has 1 atom stereocenters. The third kappa shape index (κ3) is 6.13. The standard InChI is InChI=1S/C12H27NO2/c1-5-11(6-2)13(8-9-15-4)10-12(14)7-3/h11-12,14H,5-10H2,1-4H3. The normalized spacial score (nSPS) is 13.8. The third-order valence-corrected chi connectivity index (χ3v) is 2.96. The molecule has 0 aliphatic rings. The summed E-state index contributed by atoms with van der Waals surface area (Å²) in [6.07, 6.45) is 2.89. The first kappa shape index (κ1) is 14.9. The van der Waals surface area contributed by atoms with E-state index < -0.39 is 0 Å². The van der Waals surface area contributed by atoms with E-state index in [2.05, 4.69) is 18.7 Å². The average Bonchev–Trinajstić information content (AvgIpc) is 2.26. The molecule has 0 aromatic rings. The topological polar surface area (TPSA) is 32.7 Å². The number of ether oxygens (including phenoxy) is 1. The predicted octanol–water partition coefficient (Wildman–Crippen LogP) is 1.89. The van der Waals surface area contributed by atoms with Crippen molar-refractivity contribution < 1.29 is 9.84 Å². The fraction of sp³-hybridized carbons (Fsp3) is 1.00. The van der Waals surface area contributed by atoms with E-state index in [9.17, 15) is 5.11 Å². The molecule has 0 spiro atoms. The zero-order chi connectivity index (χ0) is 11.7. The molecule has 0 fully saturated rings. The summed E-state index contributed by atoms with van der Waals surface area (Å²) in [5, 5.41) is 9.69. The molecule has 0 amide bonds. The van der Waals surface area contributed by atoms with Crippen LogP contribution in [0.5, 0.6) is 0 Å². The molecular weight excluding hydrogens is 190 g/mol. The molecule has 0 saturated carbocycles. The summed E-state index contributed by atoms with van der Waals surface area (Å²) in [5.74, 6) is 0. The van der Waals surface area contributed by atoms with Gasteiger partial charge in [0, 0.05) is 26.2 Å². The van der Waals surface area contributed by atoms with Crippen LogP contribution in [0.3, 0.4) is 0 Å². The summed E-state index contributed by atoms with van der Waals surface area (Å²) in [6, 6.07) is 0.571. The monoisotopic (exact) mass is 217 g/mol. The number of rotatable bonds is 9. The van der Waals surface area contributed by atoms with Gasteiger partial charge in [-0.15, -0.1) is 0 Å². The molecule has 1 unspecified atom stereocenters. The molecular formula is C12H27NO2. The van der Waals surface area contributed by atoms with Crippen LogP contribution in [0.25, 0.3) is 0 Å². The van der Waals surface area contributed by atoms with Gasteiger partial charge in [-0.25, -0.2) is 0 Å². The Kier molecular flexibility index (Phi) is 9.06. The van der Waals surface area contributed by atoms with E-state index in [0.717, 1.165) is 39.0 Å². The van der Waals surface area contributed by atoms with Crippen LogP contribution < -0.4 is 0 Å². The molecule has 3 heteroatoms. The molecule has 0 heterocycles. The van der Waals surface area contributed by atoms with Gasteiger partial charge in [0.05, 0.1) is 12.7 Å². The highest BCUT2D eigenvalue weighted by molar-refractivity contribution is 4.72. The Balaban J connectivity index is 4.14. The fourth-order valence-electron chi connectivity index (χ4n) is 1.84. The van der Waals surface area contributed by atoms with Gasteiger partial charge in [-0.05, 0) is 19.3 Å². The van der Waals surface area contributed by atoms with Gasteiger partial charge in [0.2, 0.25) is 0 Å². The van der Waals surface area contributed by atoms with Gasteiger partial charge in [-0.2, -0.15) is 0 Å². The second kappa shape index (κ2) is 9.13. The Labute approximate surface area is 94.4 Å². The van der Waals surface area contributed by atoms with E-state index >= 15 is 0 Å².